The van der Waals surface area contributed by atoms with E-state index in [0.29, 0.717) is 18.1 Å². The minimum absolute atomic E-state index is 0.122. The summed E-state index contributed by atoms with van der Waals surface area (Å²) in [6.45, 7) is 2.13. The van der Waals surface area contributed by atoms with Crippen molar-refractivity contribution >= 4 is 16.7 Å². The molecule has 0 spiro atoms. The number of methoxy groups -OCH3 is 2. The molecule has 170 valence electrons. The van der Waals surface area contributed by atoms with Crippen LogP contribution in [0.25, 0.3) is 21.9 Å². The highest BCUT2D eigenvalue weighted by Crippen LogP contribution is 2.40. The highest BCUT2D eigenvalue weighted by atomic mass is 16.5. The first-order chi connectivity index (χ1) is 16.6. The van der Waals surface area contributed by atoms with Gasteiger partial charge >= 0.3 is 5.97 Å². The summed E-state index contributed by atoms with van der Waals surface area (Å²) < 4.78 is 16.4. The first-order valence-electron chi connectivity index (χ1n) is 11.1. The van der Waals surface area contributed by atoms with Gasteiger partial charge in [-0.1, -0.05) is 60.4 Å². The Morgan fingerprint density at radius 2 is 1.47 bits per heavy atom. The Morgan fingerprint density at radius 1 is 0.824 bits per heavy atom. The van der Waals surface area contributed by atoms with E-state index in [4.69, 9.17) is 14.2 Å². The second-order valence-electron chi connectivity index (χ2n) is 7.68. The fourth-order valence-corrected chi connectivity index (χ4v) is 4.00. The van der Waals surface area contributed by atoms with Crippen LogP contribution in [-0.2, 0) is 16.0 Å². The number of fused-ring (bicyclic) bond motifs is 1. The van der Waals surface area contributed by atoms with E-state index in [-0.39, 0.29) is 12.4 Å². The minimum atomic E-state index is -0.288. The number of hydrogen-bond donors (Lipinski definition) is 0. The topological polar surface area (TPSA) is 44.8 Å². The van der Waals surface area contributed by atoms with E-state index >= 15 is 0 Å². The van der Waals surface area contributed by atoms with Crippen LogP contribution >= 0.6 is 0 Å². The van der Waals surface area contributed by atoms with Crippen molar-refractivity contribution < 1.29 is 19.0 Å². The Bertz CT molecular complexity index is 1360. The van der Waals surface area contributed by atoms with Crippen LogP contribution < -0.4 is 9.47 Å². The first kappa shape index (κ1) is 22.9. The highest BCUT2D eigenvalue weighted by Gasteiger charge is 2.19. The van der Waals surface area contributed by atoms with Crippen molar-refractivity contribution in [3.8, 4) is 34.5 Å². The summed E-state index contributed by atoms with van der Waals surface area (Å²) in [6, 6.07) is 25.8. The van der Waals surface area contributed by atoms with Gasteiger partial charge in [0.05, 0.1) is 27.2 Å². The van der Waals surface area contributed by atoms with Crippen LogP contribution in [0.15, 0.2) is 78.9 Å². The van der Waals surface area contributed by atoms with E-state index in [1.807, 2.05) is 78.9 Å². The van der Waals surface area contributed by atoms with Gasteiger partial charge in [-0.3, -0.25) is 4.79 Å². The van der Waals surface area contributed by atoms with Crippen LogP contribution in [0.1, 0.15) is 23.6 Å². The quantitative estimate of drug-likeness (QED) is 0.266. The minimum Gasteiger partial charge on any atom is -0.493 e. The lowest BCUT2D eigenvalue weighted by Crippen LogP contribution is -2.09. The fraction of sp³-hybridized carbons (Fsp3) is 0.167. The van der Waals surface area contributed by atoms with Gasteiger partial charge in [0, 0.05) is 16.7 Å². The smallest absolute Gasteiger partial charge is 0.310 e. The third kappa shape index (κ3) is 4.89. The average molecular weight is 451 g/mol. The van der Waals surface area contributed by atoms with E-state index in [1.165, 1.54) is 0 Å². The molecule has 0 aliphatic carbocycles. The molecule has 0 saturated carbocycles. The Hall–Kier alpha value is -4.23. The second-order valence-corrected chi connectivity index (χ2v) is 7.68. The molecule has 0 aliphatic rings. The van der Waals surface area contributed by atoms with Crippen molar-refractivity contribution in [3.05, 3.63) is 95.6 Å². The molecule has 4 rings (SSSR count). The molecule has 4 nitrogen and oxygen atoms in total. The molecular formula is C30H26O4. The molecule has 0 atom stereocenters. The van der Waals surface area contributed by atoms with E-state index in [0.717, 1.165) is 38.6 Å². The maximum absolute atomic E-state index is 12.5. The lowest BCUT2D eigenvalue weighted by Gasteiger charge is -2.17. The molecule has 0 aromatic heterocycles. The van der Waals surface area contributed by atoms with Crippen molar-refractivity contribution in [1.82, 2.24) is 0 Å². The maximum atomic E-state index is 12.5. The van der Waals surface area contributed by atoms with Crippen LogP contribution in [0.2, 0.25) is 0 Å². The molecule has 4 aromatic rings. The summed E-state index contributed by atoms with van der Waals surface area (Å²) in [5.41, 5.74) is 4.45. The number of carbonyl (C=O) groups is 1. The number of esters is 1. The number of ether oxygens (including phenoxy) is 3. The van der Waals surface area contributed by atoms with E-state index < -0.39 is 0 Å². The Morgan fingerprint density at radius 3 is 2.12 bits per heavy atom. The van der Waals surface area contributed by atoms with Gasteiger partial charge in [-0.05, 0) is 59.2 Å². The lowest BCUT2D eigenvalue weighted by atomic mass is 9.88. The number of rotatable bonds is 6. The fourth-order valence-electron chi connectivity index (χ4n) is 4.00. The zero-order valence-corrected chi connectivity index (χ0v) is 19.6. The van der Waals surface area contributed by atoms with E-state index in [9.17, 15) is 4.79 Å². The monoisotopic (exact) mass is 450 g/mol. The van der Waals surface area contributed by atoms with Crippen LogP contribution in [-0.4, -0.2) is 26.8 Å². The Kier molecular flexibility index (Phi) is 7.15. The molecule has 4 heteroatoms. The van der Waals surface area contributed by atoms with Crippen molar-refractivity contribution in [2.75, 3.05) is 20.8 Å². The summed E-state index contributed by atoms with van der Waals surface area (Å²) in [7, 11) is 3.23. The predicted molar refractivity (Wildman–Crippen MR) is 135 cm³/mol. The average Bonchev–Trinajstić information content (AvgIpc) is 2.87. The summed E-state index contributed by atoms with van der Waals surface area (Å²) in [4.78, 5) is 12.5. The second kappa shape index (κ2) is 10.6. The van der Waals surface area contributed by atoms with Gasteiger partial charge in [0.1, 0.15) is 0 Å². The summed E-state index contributed by atoms with van der Waals surface area (Å²) >= 11 is 0. The molecule has 0 fully saturated rings. The molecule has 4 aromatic carbocycles. The van der Waals surface area contributed by atoms with Crippen LogP contribution in [0.4, 0.5) is 0 Å². The zero-order valence-electron chi connectivity index (χ0n) is 19.6. The van der Waals surface area contributed by atoms with Gasteiger partial charge in [0.15, 0.2) is 11.5 Å². The molecule has 0 amide bonds. The van der Waals surface area contributed by atoms with Gasteiger partial charge < -0.3 is 14.2 Å². The molecule has 0 bridgehead atoms. The van der Waals surface area contributed by atoms with E-state index in [1.54, 1.807) is 21.1 Å². The van der Waals surface area contributed by atoms with Crippen molar-refractivity contribution in [2.24, 2.45) is 0 Å². The van der Waals surface area contributed by atoms with Gasteiger partial charge in [-0.25, -0.2) is 0 Å². The van der Waals surface area contributed by atoms with Gasteiger partial charge in [0.2, 0.25) is 0 Å². The molecule has 0 saturated heterocycles. The molecule has 0 aliphatic heterocycles. The summed E-state index contributed by atoms with van der Waals surface area (Å²) in [5, 5.41) is 1.90. The van der Waals surface area contributed by atoms with Crippen molar-refractivity contribution in [2.45, 2.75) is 13.3 Å². The third-order valence-corrected chi connectivity index (χ3v) is 5.53. The van der Waals surface area contributed by atoms with Crippen LogP contribution in [0.3, 0.4) is 0 Å². The molecule has 34 heavy (non-hydrogen) atoms. The number of hydrogen-bond acceptors (Lipinski definition) is 4. The van der Waals surface area contributed by atoms with E-state index in [2.05, 4.69) is 11.8 Å². The summed E-state index contributed by atoms with van der Waals surface area (Å²) in [5.74, 6) is 7.62. The largest absolute Gasteiger partial charge is 0.493 e. The zero-order chi connectivity index (χ0) is 23.9. The van der Waals surface area contributed by atoms with Gasteiger partial charge in [-0.15, -0.1) is 0 Å². The van der Waals surface area contributed by atoms with Crippen LogP contribution in [0.5, 0.6) is 11.5 Å². The molecular weight excluding hydrogens is 424 g/mol. The molecule has 0 N–H and O–H groups in total. The van der Waals surface area contributed by atoms with Gasteiger partial charge in [0.25, 0.3) is 0 Å². The first-order valence-corrected chi connectivity index (χ1v) is 11.1. The van der Waals surface area contributed by atoms with Crippen molar-refractivity contribution in [3.63, 3.8) is 0 Å². The normalized spacial score (nSPS) is 10.3. The molecule has 0 unspecified atom stereocenters. The van der Waals surface area contributed by atoms with Crippen molar-refractivity contribution in [1.29, 1.82) is 0 Å². The molecule has 0 radical (unpaired) electrons. The Balaban J connectivity index is 2.06. The maximum Gasteiger partial charge on any atom is 0.310 e. The standard InChI is InChI=1S/C30H26O4/c1-4-34-29(31)19-24-17-23-18-27(32-2)28(33-3)20-26(23)30(22-13-9-6-10-14-22)25(24)16-15-21-11-7-5-8-12-21/h5-14,17-18,20H,4,19H2,1-3H3. The molecule has 0 heterocycles. The predicted octanol–water partition coefficient (Wildman–Crippen LogP) is 6.03. The Labute approximate surface area is 200 Å². The number of carbonyl (C=O) groups excluding carboxylic acids is 1. The van der Waals surface area contributed by atoms with Crippen LogP contribution in [0, 0.1) is 11.8 Å². The SMILES string of the molecule is CCOC(=O)Cc1cc2cc(OC)c(OC)cc2c(-c2ccccc2)c1C#Cc1ccccc1. The lowest BCUT2D eigenvalue weighted by molar-refractivity contribution is -0.142. The summed E-state index contributed by atoms with van der Waals surface area (Å²) in [6.07, 6.45) is 0.122. The van der Waals surface area contributed by atoms with Gasteiger partial charge in [-0.2, -0.15) is 0 Å². The third-order valence-electron chi connectivity index (χ3n) is 5.53. The number of benzene rings is 4. The highest BCUT2D eigenvalue weighted by molar-refractivity contribution is 6.02.